The Morgan fingerprint density at radius 2 is 1.89 bits per heavy atom. The van der Waals surface area contributed by atoms with E-state index < -0.39 is 22.7 Å². The Kier molecular flexibility index (Phi) is 8.53. The SMILES string of the molecule is CCn1c(SCC(=O)Nc2ccc(F)cc2)nnc1[C@H](NC(=O)c1cccc([N+](=O)[O-])c1)C(C)C. The van der Waals surface area contributed by atoms with Crippen molar-refractivity contribution in [2.24, 2.45) is 5.92 Å². The van der Waals surface area contributed by atoms with E-state index in [1.807, 2.05) is 25.3 Å². The molecule has 0 bridgehead atoms. The molecule has 35 heavy (non-hydrogen) atoms. The summed E-state index contributed by atoms with van der Waals surface area (Å²) in [5.74, 6) is -0.631. The molecular weight excluding hydrogens is 475 g/mol. The van der Waals surface area contributed by atoms with Gasteiger partial charge in [-0.05, 0) is 43.2 Å². The highest BCUT2D eigenvalue weighted by Gasteiger charge is 2.26. The fourth-order valence-electron chi connectivity index (χ4n) is 3.31. The highest BCUT2D eigenvalue weighted by atomic mass is 32.2. The van der Waals surface area contributed by atoms with Crippen molar-refractivity contribution >= 4 is 35.0 Å². The van der Waals surface area contributed by atoms with E-state index in [1.54, 1.807) is 0 Å². The number of carbonyl (C=O) groups excluding carboxylic acids is 2. The van der Waals surface area contributed by atoms with Crippen LogP contribution >= 0.6 is 11.8 Å². The molecular formula is C23H25FN6O4S. The number of halogens is 1. The lowest BCUT2D eigenvalue weighted by Crippen LogP contribution is -2.33. The van der Waals surface area contributed by atoms with Gasteiger partial charge in [-0.15, -0.1) is 10.2 Å². The predicted molar refractivity (Wildman–Crippen MR) is 130 cm³/mol. The maximum absolute atomic E-state index is 13.0. The molecule has 1 heterocycles. The summed E-state index contributed by atoms with van der Waals surface area (Å²) in [6, 6.07) is 10.5. The number of nitrogens with one attached hydrogen (secondary N) is 2. The van der Waals surface area contributed by atoms with E-state index in [2.05, 4.69) is 20.8 Å². The Labute approximate surface area is 205 Å². The van der Waals surface area contributed by atoms with E-state index in [4.69, 9.17) is 0 Å². The summed E-state index contributed by atoms with van der Waals surface area (Å²) in [5.41, 5.74) is 0.478. The van der Waals surface area contributed by atoms with Crippen LogP contribution < -0.4 is 10.6 Å². The fraction of sp³-hybridized carbons (Fsp3) is 0.304. The third-order valence-electron chi connectivity index (χ3n) is 5.07. The zero-order valence-corrected chi connectivity index (χ0v) is 20.2. The number of non-ortho nitro benzene ring substituents is 1. The lowest BCUT2D eigenvalue weighted by Gasteiger charge is -2.22. The normalized spacial score (nSPS) is 11.8. The molecule has 2 aromatic carbocycles. The van der Waals surface area contributed by atoms with E-state index in [0.29, 0.717) is 23.2 Å². The number of rotatable bonds is 10. The van der Waals surface area contributed by atoms with Crippen molar-refractivity contribution in [1.29, 1.82) is 0 Å². The van der Waals surface area contributed by atoms with Gasteiger partial charge in [0, 0.05) is 29.9 Å². The molecule has 2 N–H and O–H groups in total. The number of amides is 2. The van der Waals surface area contributed by atoms with Gasteiger partial charge in [-0.3, -0.25) is 19.7 Å². The van der Waals surface area contributed by atoms with Crippen molar-refractivity contribution in [2.45, 2.75) is 38.5 Å². The minimum atomic E-state index is -0.555. The molecule has 0 unspecified atom stereocenters. The second-order valence-electron chi connectivity index (χ2n) is 7.93. The van der Waals surface area contributed by atoms with Gasteiger partial charge in [-0.1, -0.05) is 31.7 Å². The first-order valence-corrected chi connectivity index (χ1v) is 11.8. The second kappa shape index (κ2) is 11.6. The molecule has 12 heteroatoms. The van der Waals surface area contributed by atoms with Gasteiger partial charge in [0.1, 0.15) is 5.82 Å². The average molecular weight is 501 g/mol. The van der Waals surface area contributed by atoms with Gasteiger partial charge in [0.25, 0.3) is 11.6 Å². The van der Waals surface area contributed by atoms with Crippen LogP contribution in [0.1, 0.15) is 43.0 Å². The number of benzene rings is 2. The number of thioether (sulfide) groups is 1. The quantitative estimate of drug-likeness (QED) is 0.242. The molecule has 3 rings (SSSR count). The lowest BCUT2D eigenvalue weighted by molar-refractivity contribution is -0.384. The maximum Gasteiger partial charge on any atom is 0.270 e. The molecule has 0 saturated carbocycles. The van der Waals surface area contributed by atoms with Gasteiger partial charge in [0.2, 0.25) is 5.91 Å². The van der Waals surface area contributed by atoms with Gasteiger partial charge < -0.3 is 15.2 Å². The molecule has 3 aromatic rings. The monoisotopic (exact) mass is 500 g/mol. The van der Waals surface area contributed by atoms with Crippen LogP contribution in [-0.4, -0.2) is 37.3 Å². The summed E-state index contributed by atoms with van der Waals surface area (Å²) in [6.45, 7) is 6.22. The molecule has 0 fully saturated rings. The van der Waals surface area contributed by atoms with Crippen LogP contribution in [0.3, 0.4) is 0 Å². The number of hydrogen-bond acceptors (Lipinski definition) is 7. The standard InChI is InChI=1S/C23H25FN6O4S/c1-4-29-21(20(14(2)3)26-22(32)15-6-5-7-18(12-15)30(33)34)27-28-23(29)35-13-19(31)25-17-10-8-16(24)9-11-17/h5-12,14,20H,4,13H2,1-3H3,(H,25,31)(H,26,32)/t20-/m1/s1. The van der Waals surface area contributed by atoms with E-state index in [0.717, 1.165) is 0 Å². The number of anilines is 1. The van der Waals surface area contributed by atoms with Crippen molar-refractivity contribution in [3.8, 4) is 0 Å². The average Bonchev–Trinajstić information content (AvgIpc) is 3.24. The Balaban J connectivity index is 1.72. The van der Waals surface area contributed by atoms with Crippen molar-refractivity contribution in [1.82, 2.24) is 20.1 Å². The Hall–Kier alpha value is -3.80. The van der Waals surface area contributed by atoms with Crippen molar-refractivity contribution in [2.75, 3.05) is 11.1 Å². The van der Waals surface area contributed by atoms with Gasteiger partial charge >= 0.3 is 0 Å². The third-order valence-corrected chi connectivity index (χ3v) is 6.04. The number of hydrogen-bond donors (Lipinski definition) is 2. The first-order valence-electron chi connectivity index (χ1n) is 10.9. The topological polar surface area (TPSA) is 132 Å². The predicted octanol–water partition coefficient (Wildman–Crippen LogP) is 4.20. The van der Waals surface area contributed by atoms with Crippen LogP contribution in [0.2, 0.25) is 0 Å². The summed E-state index contributed by atoms with van der Waals surface area (Å²) < 4.78 is 14.9. The molecule has 184 valence electrons. The van der Waals surface area contributed by atoms with Crippen LogP contribution in [0.25, 0.3) is 0 Å². The minimum Gasteiger partial charge on any atom is -0.342 e. The molecule has 1 atom stereocenters. The molecule has 10 nitrogen and oxygen atoms in total. The van der Waals surface area contributed by atoms with E-state index in [1.165, 1.54) is 60.3 Å². The third kappa shape index (κ3) is 6.63. The minimum absolute atomic E-state index is 0.0574. The lowest BCUT2D eigenvalue weighted by atomic mass is 10.0. The van der Waals surface area contributed by atoms with Crippen LogP contribution in [0, 0.1) is 21.8 Å². The zero-order chi connectivity index (χ0) is 25.5. The molecule has 0 spiro atoms. The molecule has 0 radical (unpaired) electrons. The van der Waals surface area contributed by atoms with E-state index >= 15 is 0 Å². The van der Waals surface area contributed by atoms with E-state index in [9.17, 15) is 24.1 Å². The van der Waals surface area contributed by atoms with Crippen molar-refractivity contribution < 1.29 is 18.9 Å². The zero-order valence-electron chi connectivity index (χ0n) is 19.4. The number of nitro benzene ring substituents is 1. The summed E-state index contributed by atoms with van der Waals surface area (Å²) in [6.07, 6.45) is 0. The largest absolute Gasteiger partial charge is 0.342 e. The van der Waals surface area contributed by atoms with Gasteiger partial charge in [0.15, 0.2) is 11.0 Å². The molecule has 0 aliphatic rings. The number of aromatic nitrogens is 3. The first kappa shape index (κ1) is 25.8. The molecule has 0 aliphatic heterocycles. The van der Waals surface area contributed by atoms with E-state index in [-0.39, 0.29) is 28.8 Å². The molecule has 0 aliphatic carbocycles. The summed E-state index contributed by atoms with van der Waals surface area (Å²) >= 11 is 1.19. The van der Waals surface area contributed by atoms with Gasteiger partial charge in [-0.25, -0.2) is 4.39 Å². The Morgan fingerprint density at radius 1 is 1.17 bits per heavy atom. The smallest absolute Gasteiger partial charge is 0.270 e. The number of carbonyl (C=O) groups is 2. The molecule has 0 saturated heterocycles. The van der Waals surface area contributed by atoms with Crippen LogP contribution in [0.5, 0.6) is 0 Å². The van der Waals surface area contributed by atoms with Crippen LogP contribution in [0.4, 0.5) is 15.8 Å². The second-order valence-corrected chi connectivity index (χ2v) is 8.87. The molecule has 2 amide bonds. The van der Waals surface area contributed by atoms with Crippen molar-refractivity contribution in [3.63, 3.8) is 0 Å². The Bertz CT molecular complexity index is 1210. The van der Waals surface area contributed by atoms with Crippen LogP contribution in [-0.2, 0) is 11.3 Å². The molecule has 1 aromatic heterocycles. The number of nitro groups is 1. The summed E-state index contributed by atoms with van der Waals surface area (Å²) in [5, 5.41) is 25.6. The highest BCUT2D eigenvalue weighted by molar-refractivity contribution is 7.99. The Morgan fingerprint density at radius 3 is 2.51 bits per heavy atom. The number of nitrogens with zero attached hydrogens (tertiary/aromatic N) is 4. The fourth-order valence-corrected chi connectivity index (χ4v) is 4.12. The highest BCUT2D eigenvalue weighted by Crippen LogP contribution is 2.26. The summed E-state index contributed by atoms with van der Waals surface area (Å²) in [7, 11) is 0. The van der Waals surface area contributed by atoms with Gasteiger partial charge in [0.05, 0.1) is 16.7 Å². The van der Waals surface area contributed by atoms with Crippen molar-refractivity contribution in [3.05, 3.63) is 75.9 Å². The maximum atomic E-state index is 13.0. The van der Waals surface area contributed by atoms with Crippen LogP contribution in [0.15, 0.2) is 53.7 Å². The van der Waals surface area contributed by atoms with Gasteiger partial charge in [-0.2, -0.15) is 0 Å². The summed E-state index contributed by atoms with van der Waals surface area (Å²) in [4.78, 5) is 35.7. The first-order chi connectivity index (χ1) is 16.7.